The minimum absolute atomic E-state index is 0. The third-order valence-electron chi connectivity index (χ3n) is 4.79. The van der Waals surface area contributed by atoms with Gasteiger partial charge in [-0.15, -0.1) is 12.4 Å². The van der Waals surface area contributed by atoms with Gasteiger partial charge >= 0.3 is 11.9 Å². The van der Waals surface area contributed by atoms with Crippen LogP contribution in [0.15, 0.2) is 30.3 Å². The Balaban J connectivity index is 0.00000578. The van der Waals surface area contributed by atoms with Gasteiger partial charge in [-0.05, 0) is 42.2 Å². The van der Waals surface area contributed by atoms with Crippen molar-refractivity contribution in [3.05, 3.63) is 52.0 Å². The number of ether oxygens (including phenoxy) is 3. The number of esters is 2. The van der Waals surface area contributed by atoms with Crippen molar-refractivity contribution in [3.63, 3.8) is 0 Å². The van der Waals surface area contributed by atoms with E-state index in [2.05, 4.69) is 5.32 Å². The molecule has 34 heavy (non-hydrogen) atoms. The lowest BCUT2D eigenvalue weighted by Gasteiger charge is -2.17. The number of halogens is 2. The Morgan fingerprint density at radius 2 is 1.74 bits per heavy atom. The van der Waals surface area contributed by atoms with Crippen LogP contribution in [-0.2, 0) is 4.79 Å². The molecule has 9 heteroatoms. The summed E-state index contributed by atoms with van der Waals surface area (Å²) in [5.41, 5.74) is 1.41. The highest BCUT2D eigenvalue weighted by Gasteiger charge is 2.22. The van der Waals surface area contributed by atoms with Gasteiger partial charge in [-0.1, -0.05) is 51.4 Å². The molecule has 2 aromatic carbocycles. The first-order valence-corrected chi connectivity index (χ1v) is 11.2. The fourth-order valence-electron chi connectivity index (χ4n) is 3.07. The number of carbonyl (C=O) groups is 2. The molecule has 0 heterocycles. The Kier molecular flexibility index (Phi) is 11.8. The molecular weight excluding hydrogens is 481 g/mol. The number of hydrogen-bond acceptors (Lipinski definition) is 7. The quantitative estimate of drug-likeness (QED) is 0.329. The van der Waals surface area contributed by atoms with Crippen LogP contribution in [0.1, 0.15) is 61.7 Å². The highest BCUT2D eigenvalue weighted by atomic mass is 35.5. The minimum atomic E-state index is -0.837. The molecule has 0 aromatic heterocycles. The van der Waals surface area contributed by atoms with Gasteiger partial charge in [0.05, 0.1) is 23.8 Å². The smallest absolute Gasteiger partial charge is 0.345 e. The van der Waals surface area contributed by atoms with Crippen LogP contribution in [0.25, 0.3) is 0 Å². The van der Waals surface area contributed by atoms with Crippen molar-refractivity contribution in [2.45, 2.75) is 53.2 Å². The lowest BCUT2D eigenvalue weighted by atomic mass is 10.1. The summed E-state index contributed by atoms with van der Waals surface area (Å²) in [6, 6.07) is 8.05. The molecule has 1 unspecified atom stereocenters. The van der Waals surface area contributed by atoms with Crippen LogP contribution < -0.4 is 19.5 Å². The highest BCUT2D eigenvalue weighted by molar-refractivity contribution is 6.35. The second kappa shape index (κ2) is 13.5. The van der Waals surface area contributed by atoms with E-state index in [1.54, 1.807) is 18.2 Å². The molecule has 0 fully saturated rings. The van der Waals surface area contributed by atoms with Crippen molar-refractivity contribution in [2.75, 3.05) is 13.7 Å². The van der Waals surface area contributed by atoms with E-state index in [9.17, 15) is 14.7 Å². The molecule has 1 atom stereocenters. The molecule has 0 spiro atoms. The van der Waals surface area contributed by atoms with Crippen LogP contribution in [-0.4, -0.2) is 36.7 Å². The third kappa shape index (κ3) is 8.17. The van der Waals surface area contributed by atoms with E-state index in [0.717, 1.165) is 5.56 Å². The Bertz CT molecular complexity index is 994. The topological polar surface area (TPSA) is 94.1 Å². The number of nitrogens with one attached hydrogen (secondary N) is 1. The molecule has 188 valence electrons. The van der Waals surface area contributed by atoms with Crippen molar-refractivity contribution in [1.29, 1.82) is 0 Å². The predicted molar refractivity (Wildman–Crippen MR) is 135 cm³/mol. The fraction of sp³-hybridized carbons (Fsp3) is 0.440. The van der Waals surface area contributed by atoms with Crippen LogP contribution in [0.5, 0.6) is 17.2 Å². The molecule has 2 rings (SSSR count). The van der Waals surface area contributed by atoms with Crippen LogP contribution in [0.3, 0.4) is 0 Å². The molecule has 0 aliphatic heterocycles. The van der Waals surface area contributed by atoms with Gasteiger partial charge in [-0.3, -0.25) is 4.79 Å². The summed E-state index contributed by atoms with van der Waals surface area (Å²) in [5, 5.41) is 13.8. The maximum atomic E-state index is 12.9. The summed E-state index contributed by atoms with van der Waals surface area (Å²) in [6.07, 6.45) is -0.647. The molecule has 0 amide bonds. The van der Waals surface area contributed by atoms with Gasteiger partial charge in [0.15, 0.2) is 11.5 Å². The monoisotopic (exact) mass is 513 g/mol. The fourth-order valence-corrected chi connectivity index (χ4v) is 3.44. The van der Waals surface area contributed by atoms with Crippen LogP contribution in [0, 0.1) is 12.8 Å². The van der Waals surface area contributed by atoms with Crippen molar-refractivity contribution >= 4 is 35.9 Å². The van der Waals surface area contributed by atoms with Gasteiger partial charge < -0.3 is 24.6 Å². The van der Waals surface area contributed by atoms with Crippen molar-refractivity contribution < 1.29 is 28.9 Å². The van der Waals surface area contributed by atoms with Gasteiger partial charge in [-0.25, -0.2) is 4.79 Å². The third-order valence-corrected chi connectivity index (χ3v) is 5.17. The van der Waals surface area contributed by atoms with Crippen LogP contribution in [0.2, 0.25) is 5.02 Å². The first kappa shape index (κ1) is 29.7. The number of rotatable bonds is 10. The molecular formula is C25H33Cl2NO6. The predicted octanol–water partition coefficient (Wildman–Crippen LogP) is 5.28. The Labute approximate surface area is 212 Å². The Morgan fingerprint density at radius 3 is 2.32 bits per heavy atom. The number of carbonyl (C=O) groups excluding carboxylic acids is 2. The lowest BCUT2D eigenvalue weighted by Crippen LogP contribution is -2.28. The highest BCUT2D eigenvalue weighted by Crippen LogP contribution is 2.35. The molecule has 7 nitrogen and oxygen atoms in total. The number of aliphatic hydroxyl groups excluding tert-OH is 1. The normalized spacial score (nSPS) is 11.7. The number of benzene rings is 2. The van der Waals surface area contributed by atoms with Gasteiger partial charge in [0, 0.05) is 19.0 Å². The van der Waals surface area contributed by atoms with E-state index < -0.39 is 18.0 Å². The maximum absolute atomic E-state index is 12.9. The van der Waals surface area contributed by atoms with Crippen molar-refractivity contribution in [2.24, 2.45) is 5.92 Å². The van der Waals surface area contributed by atoms with E-state index in [4.69, 9.17) is 25.8 Å². The molecule has 0 saturated heterocycles. The van der Waals surface area contributed by atoms with Gasteiger partial charge in [-0.2, -0.15) is 0 Å². The molecule has 0 aliphatic carbocycles. The van der Waals surface area contributed by atoms with E-state index >= 15 is 0 Å². The number of methoxy groups -OCH3 is 1. The summed E-state index contributed by atoms with van der Waals surface area (Å²) in [5.74, 6) is -0.638. The molecule has 0 aliphatic rings. The molecule has 0 saturated carbocycles. The van der Waals surface area contributed by atoms with Gasteiger partial charge in [0.1, 0.15) is 5.75 Å². The van der Waals surface area contributed by atoms with Crippen LogP contribution >= 0.6 is 24.0 Å². The van der Waals surface area contributed by atoms with E-state index in [1.165, 1.54) is 19.2 Å². The summed E-state index contributed by atoms with van der Waals surface area (Å²) >= 11 is 6.33. The van der Waals surface area contributed by atoms with Crippen LogP contribution in [0.4, 0.5) is 0 Å². The number of hydrogen-bond donors (Lipinski definition) is 2. The zero-order chi connectivity index (χ0) is 24.7. The second-order valence-electron chi connectivity index (χ2n) is 8.52. The number of aliphatic hydroxyl groups is 1. The minimum Gasteiger partial charge on any atom is -0.495 e. The number of aryl methyl sites for hydroxylation is 1. The zero-order valence-electron chi connectivity index (χ0n) is 20.3. The van der Waals surface area contributed by atoms with Gasteiger partial charge in [0.25, 0.3) is 0 Å². The van der Waals surface area contributed by atoms with Gasteiger partial charge in [0.2, 0.25) is 0 Å². The molecule has 0 radical (unpaired) electrons. The lowest BCUT2D eigenvalue weighted by molar-refractivity contribution is -0.135. The first-order valence-electron chi connectivity index (χ1n) is 10.8. The maximum Gasteiger partial charge on any atom is 0.345 e. The summed E-state index contributed by atoms with van der Waals surface area (Å²) in [6.45, 7) is 9.86. The standard InChI is InChI=1S/C25H32ClNO6.ClH/c1-14(2)11-22(29)32-21-12-17(19(28)13-27-15(3)4)8-10-20(21)33-25(30)18-9-7-16(5)24(31-6)23(18)26;/h7-10,12,14-15,19,27-28H,11,13H2,1-6H3;1H. The van der Waals surface area contributed by atoms with Crippen molar-refractivity contribution in [1.82, 2.24) is 5.32 Å². The first-order chi connectivity index (χ1) is 15.5. The molecule has 2 N–H and O–H groups in total. The second-order valence-corrected chi connectivity index (χ2v) is 8.90. The molecule has 0 bridgehead atoms. The van der Waals surface area contributed by atoms with Crippen molar-refractivity contribution in [3.8, 4) is 17.2 Å². The molecule has 2 aromatic rings. The SMILES string of the molecule is COc1c(C)ccc(C(=O)Oc2ccc(C(O)CNC(C)C)cc2OC(=O)CC(C)C)c1Cl.Cl. The average Bonchev–Trinajstić information content (AvgIpc) is 2.72. The summed E-state index contributed by atoms with van der Waals surface area (Å²) in [7, 11) is 1.47. The Hall–Kier alpha value is -2.32. The Morgan fingerprint density at radius 1 is 1.06 bits per heavy atom. The van der Waals surface area contributed by atoms with E-state index in [1.807, 2.05) is 34.6 Å². The largest absolute Gasteiger partial charge is 0.495 e. The van der Waals surface area contributed by atoms with E-state index in [-0.39, 0.29) is 52.9 Å². The van der Waals surface area contributed by atoms with E-state index in [0.29, 0.717) is 17.9 Å². The summed E-state index contributed by atoms with van der Waals surface area (Å²) < 4.78 is 16.3. The zero-order valence-corrected chi connectivity index (χ0v) is 21.9. The summed E-state index contributed by atoms with van der Waals surface area (Å²) in [4.78, 5) is 25.2. The average molecular weight is 514 g/mol.